The average molecular weight is 398 g/mol. The van der Waals surface area contributed by atoms with Crippen LogP contribution in [-0.2, 0) is 9.53 Å². The molecule has 0 aromatic carbocycles. The van der Waals surface area contributed by atoms with Gasteiger partial charge >= 0.3 is 0 Å². The van der Waals surface area contributed by atoms with Crippen LogP contribution in [0.1, 0.15) is 17.5 Å². The van der Waals surface area contributed by atoms with Crippen molar-refractivity contribution in [1.82, 2.24) is 20.3 Å². The van der Waals surface area contributed by atoms with Crippen molar-refractivity contribution in [3.8, 4) is 0 Å². The predicted octanol–water partition coefficient (Wildman–Crippen LogP) is 1.90. The van der Waals surface area contributed by atoms with Crippen LogP contribution in [0.25, 0.3) is 10.3 Å². The maximum Gasteiger partial charge on any atom is 0.275 e. The van der Waals surface area contributed by atoms with E-state index in [0.717, 1.165) is 16.0 Å². The van der Waals surface area contributed by atoms with E-state index in [1.165, 1.54) is 17.6 Å². The molecule has 0 spiro atoms. The summed E-state index contributed by atoms with van der Waals surface area (Å²) in [7, 11) is 0. The predicted molar refractivity (Wildman–Crippen MR) is 106 cm³/mol. The SMILES string of the molecule is Cc1cc(C2NC(C(=O)Nc3cnc4nc(NCCO)sc4c3)=CO2)ccn1. The largest absolute Gasteiger partial charge is 0.472 e. The molecule has 28 heavy (non-hydrogen) atoms. The number of nitrogens with zero attached hydrogens (tertiary/aromatic N) is 3. The standard InChI is InChI=1S/C18H18N6O3S/c1-10-6-11(2-3-19-10)17-23-13(9-27-17)16(26)22-12-7-14-15(21-8-12)24-18(28-14)20-4-5-25/h2-3,6-9,17,23,25H,4-5H2,1H3,(H,22,26)(H,20,21,24). The number of ether oxygens (including phenoxy) is 1. The third kappa shape index (κ3) is 3.87. The highest BCUT2D eigenvalue weighted by molar-refractivity contribution is 7.22. The monoisotopic (exact) mass is 398 g/mol. The Labute approximate surface area is 164 Å². The Balaban J connectivity index is 1.42. The lowest BCUT2D eigenvalue weighted by molar-refractivity contribution is -0.113. The number of carbonyl (C=O) groups excluding carboxylic acids is 1. The highest BCUT2D eigenvalue weighted by atomic mass is 32.1. The van der Waals surface area contributed by atoms with E-state index in [1.54, 1.807) is 12.4 Å². The molecule has 0 aliphatic carbocycles. The van der Waals surface area contributed by atoms with Crippen molar-refractivity contribution in [1.29, 1.82) is 0 Å². The van der Waals surface area contributed by atoms with E-state index in [2.05, 4.69) is 30.9 Å². The van der Waals surface area contributed by atoms with E-state index in [1.807, 2.05) is 25.1 Å². The van der Waals surface area contributed by atoms with Gasteiger partial charge in [0.2, 0.25) is 0 Å². The highest BCUT2D eigenvalue weighted by Crippen LogP contribution is 2.27. The summed E-state index contributed by atoms with van der Waals surface area (Å²) < 4.78 is 6.39. The van der Waals surface area contributed by atoms with Gasteiger partial charge in [-0.2, -0.15) is 0 Å². The van der Waals surface area contributed by atoms with Gasteiger partial charge in [0.1, 0.15) is 12.0 Å². The number of thiazole rings is 1. The van der Waals surface area contributed by atoms with Crippen molar-refractivity contribution in [3.05, 3.63) is 53.8 Å². The lowest BCUT2D eigenvalue weighted by Crippen LogP contribution is -2.25. The normalized spacial score (nSPS) is 15.6. The van der Waals surface area contributed by atoms with Crippen LogP contribution < -0.4 is 16.0 Å². The van der Waals surface area contributed by atoms with Gasteiger partial charge in [-0.3, -0.25) is 9.78 Å². The molecule has 144 valence electrons. The molecule has 3 aromatic heterocycles. The minimum absolute atomic E-state index is 0.0227. The van der Waals surface area contributed by atoms with Gasteiger partial charge in [0.25, 0.3) is 5.91 Å². The molecule has 1 aliphatic rings. The fourth-order valence-corrected chi connectivity index (χ4v) is 3.57. The van der Waals surface area contributed by atoms with Gasteiger partial charge in [-0.1, -0.05) is 11.3 Å². The van der Waals surface area contributed by atoms with Crippen LogP contribution in [-0.4, -0.2) is 39.1 Å². The smallest absolute Gasteiger partial charge is 0.275 e. The minimum atomic E-state index is -0.426. The van der Waals surface area contributed by atoms with Crippen molar-refractivity contribution in [2.24, 2.45) is 0 Å². The summed E-state index contributed by atoms with van der Waals surface area (Å²) in [6.45, 7) is 2.34. The summed E-state index contributed by atoms with van der Waals surface area (Å²) in [4.78, 5) is 25.3. The number of fused-ring (bicyclic) bond motifs is 1. The first-order valence-electron chi connectivity index (χ1n) is 8.60. The lowest BCUT2D eigenvalue weighted by atomic mass is 10.2. The van der Waals surface area contributed by atoms with Crippen LogP contribution in [0.2, 0.25) is 0 Å². The molecule has 10 heteroatoms. The molecule has 4 rings (SSSR count). The van der Waals surface area contributed by atoms with Crippen molar-refractivity contribution in [2.75, 3.05) is 23.8 Å². The summed E-state index contributed by atoms with van der Waals surface area (Å²) in [5.41, 5.74) is 3.23. The molecule has 0 saturated heterocycles. The number of nitrogens with one attached hydrogen (secondary N) is 3. The Hall–Kier alpha value is -3.24. The third-order valence-corrected chi connectivity index (χ3v) is 4.92. The zero-order chi connectivity index (χ0) is 19.5. The molecule has 3 aromatic rings. The van der Waals surface area contributed by atoms with Crippen molar-refractivity contribution >= 4 is 38.4 Å². The number of aliphatic hydroxyl groups is 1. The molecule has 4 N–H and O–H groups in total. The molecule has 1 atom stereocenters. The van der Waals surface area contributed by atoms with Crippen molar-refractivity contribution in [3.63, 3.8) is 0 Å². The van der Waals surface area contributed by atoms with Gasteiger partial charge in [-0.05, 0) is 25.1 Å². The number of anilines is 2. The molecular weight excluding hydrogens is 380 g/mol. The van der Waals surface area contributed by atoms with Crippen molar-refractivity contribution < 1.29 is 14.6 Å². The van der Waals surface area contributed by atoms with E-state index >= 15 is 0 Å². The number of hydrogen-bond donors (Lipinski definition) is 4. The number of aliphatic hydroxyl groups excluding tert-OH is 1. The molecule has 1 aliphatic heterocycles. The van der Waals surface area contributed by atoms with Gasteiger partial charge < -0.3 is 25.8 Å². The molecular formula is C18H18N6O3S. The van der Waals surface area contributed by atoms with Gasteiger partial charge in [0.15, 0.2) is 17.0 Å². The number of carbonyl (C=O) groups is 1. The molecule has 9 nitrogen and oxygen atoms in total. The first-order chi connectivity index (χ1) is 13.6. The van der Waals surface area contributed by atoms with E-state index in [9.17, 15) is 4.79 Å². The molecule has 0 radical (unpaired) electrons. The first-order valence-corrected chi connectivity index (χ1v) is 9.41. The molecule has 0 saturated carbocycles. The summed E-state index contributed by atoms with van der Waals surface area (Å²) in [6, 6.07) is 5.54. The summed E-state index contributed by atoms with van der Waals surface area (Å²) >= 11 is 1.40. The average Bonchev–Trinajstić information content (AvgIpc) is 3.33. The number of hydrogen-bond acceptors (Lipinski definition) is 9. The Morgan fingerprint density at radius 2 is 2.29 bits per heavy atom. The van der Waals surface area contributed by atoms with Gasteiger partial charge in [0, 0.05) is 24.0 Å². The zero-order valence-corrected chi connectivity index (χ0v) is 15.8. The lowest BCUT2D eigenvalue weighted by Gasteiger charge is -2.13. The molecule has 1 unspecified atom stereocenters. The minimum Gasteiger partial charge on any atom is -0.472 e. The summed E-state index contributed by atoms with van der Waals surface area (Å²) in [6.07, 6.45) is 4.24. The summed E-state index contributed by atoms with van der Waals surface area (Å²) in [5, 5.41) is 18.4. The fourth-order valence-electron chi connectivity index (χ4n) is 2.68. The van der Waals surface area contributed by atoms with E-state index in [-0.39, 0.29) is 12.5 Å². The van der Waals surface area contributed by atoms with E-state index in [4.69, 9.17) is 9.84 Å². The molecule has 4 heterocycles. The molecule has 1 amide bonds. The zero-order valence-electron chi connectivity index (χ0n) is 15.0. The fraction of sp³-hybridized carbons (Fsp3) is 0.222. The number of amides is 1. The Morgan fingerprint density at radius 3 is 3.11 bits per heavy atom. The number of aromatic nitrogens is 3. The Kier molecular flexibility index (Phi) is 5.04. The van der Waals surface area contributed by atoms with Crippen molar-refractivity contribution in [2.45, 2.75) is 13.2 Å². The second-order valence-electron chi connectivity index (χ2n) is 6.09. The van der Waals surface area contributed by atoms with Crippen LogP contribution in [0.4, 0.5) is 10.8 Å². The quantitative estimate of drug-likeness (QED) is 0.497. The van der Waals surface area contributed by atoms with Crippen LogP contribution >= 0.6 is 11.3 Å². The third-order valence-electron chi connectivity index (χ3n) is 3.97. The van der Waals surface area contributed by atoms with Crippen LogP contribution in [0.3, 0.4) is 0 Å². The van der Waals surface area contributed by atoms with E-state index < -0.39 is 6.23 Å². The Bertz CT molecular complexity index is 1050. The first kappa shape index (κ1) is 18.1. The second kappa shape index (κ2) is 7.79. The summed E-state index contributed by atoms with van der Waals surface area (Å²) in [5.74, 6) is -0.322. The maximum atomic E-state index is 12.5. The van der Waals surface area contributed by atoms with Crippen LogP contribution in [0.5, 0.6) is 0 Å². The second-order valence-corrected chi connectivity index (χ2v) is 7.12. The van der Waals surface area contributed by atoms with Crippen LogP contribution in [0, 0.1) is 6.92 Å². The number of pyridine rings is 2. The molecule has 0 bridgehead atoms. The van der Waals surface area contributed by atoms with Gasteiger partial charge in [-0.25, -0.2) is 9.97 Å². The maximum absolute atomic E-state index is 12.5. The van der Waals surface area contributed by atoms with Gasteiger partial charge in [0.05, 0.1) is 23.2 Å². The topological polar surface area (TPSA) is 121 Å². The van der Waals surface area contributed by atoms with Gasteiger partial charge in [-0.15, -0.1) is 0 Å². The van der Waals surface area contributed by atoms with Crippen LogP contribution in [0.15, 0.2) is 42.6 Å². The highest BCUT2D eigenvalue weighted by Gasteiger charge is 2.24. The number of aryl methyl sites for hydroxylation is 1. The Morgan fingerprint density at radius 1 is 1.39 bits per heavy atom. The molecule has 0 fully saturated rings. The van der Waals surface area contributed by atoms with E-state index in [0.29, 0.717) is 28.7 Å². The number of rotatable bonds is 6.